The highest BCUT2D eigenvalue weighted by Crippen LogP contribution is 2.27. The number of hydrogen-bond acceptors (Lipinski definition) is 1. The second-order valence-electron chi connectivity index (χ2n) is 5.06. The third-order valence-corrected chi connectivity index (χ3v) is 3.71. The Morgan fingerprint density at radius 3 is 2.44 bits per heavy atom. The summed E-state index contributed by atoms with van der Waals surface area (Å²) in [5.74, 6) is 0.691. The van der Waals surface area contributed by atoms with Gasteiger partial charge in [-0.2, -0.15) is 0 Å². The van der Waals surface area contributed by atoms with Gasteiger partial charge in [-0.15, -0.1) is 0 Å². The summed E-state index contributed by atoms with van der Waals surface area (Å²) in [6.45, 7) is 2.19. The summed E-state index contributed by atoms with van der Waals surface area (Å²) in [5.41, 5.74) is 2.84. The molecule has 1 aromatic rings. The van der Waals surface area contributed by atoms with Crippen LogP contribution in [0.5, 0.6) is 0 Å². The number of aliphatic hydroxyl groups excluding tert-OH is 1. The quantitative estimate of drug-likeness (QED) is 0.825. The van der Waals surface area contributed by atoms with Crippen LogP contribution in [0, 0.1) is 5.92 Å². The van der Waals surface area contributed by atoms with Crippen molar-refractivity contribution in [2.24, 2.45) is 5.92 Å². The highest BCUT2D eigenvalue weighted by molar-refractivity contribution is 5.22. The molecule has 1 aromatic carbocycles. The first-order valence-corrected chi connectivity index (χ1v) is 6.54. The van der Waals surface area contributed by atoms with Gasteiger partial charge in [0.1, 0.15) is 0 Å². The molecule has 0 spiro atoms. The zero-order valence-electron chi connectivity index (χ0n) is 10.2. The van der Waals surface area contributed by atoms with Crippen LogP contribution in [0.1, 0.15) is 43.7 Å². The van der Waals surface area contributed by atoms with Crippen LogP contribution in [0.3, 0.4) is 0 Å². The van der Waals surface area contributed by atoms with Gasteiger partial charge in [-0.1, -0.05) is 37.6 Å². The van der Waals surface area contributed by atoms with Crippen molar-refractivity contribution in [3.8, 4) is 0 Å². The minimum Gasteiger partial charge on any atom is -0.393 e. The average molecular weight is 218 g/mol. The van der Waals surface area contributed by atoms with Crippen molar-refractivity contribution in [2.45, 2.75) is 51.6 Å². The minimum atomic E-state index is -0.0475. The third-order valence-electron chi connectivity index (χ3n) is 3.71. The molecule has 2 unspecified atom stereocenters. The fraction of sp³-hybridized carbons (Fsp3) is 0.600. The standard InChI is InChI=1S/C15H22O/c1-2-12-6-8-13(9-7-12)10-14-4-3-5-15(16)11-14/h6-9,14-16H,2-5,10-11H2,1H3. The van der Waals surface area contributed by atoms with Gasteiger partial charge < -0.3 is 5.11 Å². The van der Waals surface area contributed by atoms with Crippen molar-refractivity contribution in [2.75, 3.05) is 0 Å². The Morgan fingerprint density at radius 1 is 1.12 bits per heavy atom. The van der Waals surface area contributed by atoms with E-state index in [-0.39, 0.29) is 6.10 Å². The lowest BCUT2D eigenvalue weighted by Crippen LogP contribution is -2.20. The second-order valence-corrected chi connectivity index (χ2v) is 5.06. The van der Waals surface area contributed by atoms with Crippen LogP contribution in [-0.2, 0) is 12.8 Å². The van der Waals surface area contributed by atoms with E-state index in [9.17, 15) is 5.11 Å². The predicted octanol–water partition coefficient (Wildman–Crippen LogP) is 3.34. The molecule has 0 bridgehead atoms. The molecule has 0 heterocycles. The van der Waals surface area contributed by atoms with Crippen molar-refractivity contribution < 1.29 is 5.11 Å². The van der Waals surface area contributed by atoms with Gasteiger partial charge >= 0.3 is 0 Å². The van der Waals surface area contributed by atoms with Gasteiger partial charge in [0.15, 0.2) is 0 Å². The summed E-state index contributed by atoms with van der Waals surface area (Å²) in [6.07, 6.45) is 6.68. The number of aliphatic hydroxyl groups is 1. The van der Waals surface area contributed by atoms with Crippen molar-refractivity contribution in [1.29, 1.82) is 0 Å². The molecule has 0 aromatic heterocycles. The normalized spacial score (nSPS) is 25.6. The second kappa shape index (κ2) is 5.49. The van der Waals surface area contributed by atoms with Crippen LogP contribution in [0.2, 0.25) is 0 Å². The molecule has 1 nitrogen and oxygen atoms in total. The fourth-order valence-corrected chi connectivity index (χ4v) is 2.69. The maximum atomic E-state index is 9.64. The van der Waals surface area contributed by atoms with Crippen LogP contribution in [0.4, 0.5) is 0 Å². The molecule has 0 aliphatic heterocycles. The van der Waals surface area contributed by atoms with E-state index in [1.165, 1.54) is 24.0 Å². The fourth-order valence-electron chi connectivity index (χ4n) is 2.69. The first kappa shape index (κ1) is 11.7. The van der Waals surface area contributed by atoms with Crippen molar-refractivity contribution in [1.82, 2.24) is 0 Å². The Balaban J connectivity index is 1.92. The highest BCUT2D eigenvalue weighted by Gasteiger charge is 2.20. The molecule has 1 aliphatic rings. The molecule has 0 radical (unpaired) electrons. The Kier molecular flexibility index (Phi) is 4.00. The Labute approximate surface area is 98.5 Å². The number of aryl methyl sites for hydroxylation is 1. The molecule has 0 amide bonds. The highest BCUT2D eigenvalue weighted by atomic mass is 16.3. The molecule has 2 rings (SSSR count). The Hall–Kier alpha value is -0.820. The molecule has 1 N–H and O–H groups in total. The van der Waals surface area contributed by atoms with Crippen molar-refractivity contribution in [3.05, 3.63) is 35.4 Å². The van der Waals surface area contributed by atoms with E-state index < -0.39 is 0 Å². The molecule has 16 heavy (non-hydrogen) atoms. The van der Waals surface area contributed by atoms with Gasteiger partial charge in [-0.3, -0.25) is 0 Å². The molecule has 88 valence electrons. The van der Waals surface area contributed by atoms with Crippen LogP contribution < -0.4 is 0 Å². The minimum absolute atomic E-state index is 0.0475. The van der Waals surface area contributed by atoms with E-state index in [0.29, 0.717) is 5.92 Å². The molecule has 1 heteroatoms. The van der Waals surface area contributed by atoms with Crippen LogP contribution in [-0.4, -0.2) is 11.2 Å². The van der Waals surface area contributed by atoms with Gasteiger partial charge in [0, 0.05) is 0 Å². The molecule has 2 atom stereocenters. The first-order valence-electron chi connectivity index (χ1n) is 6.54. The largest absolute Gasteiger partial charge is 0.393 e. The average Bonchev–Trinajstić information content (AvgIpc) is 2.30. The Morgan fingerprint density at radius 2 is 1.81 bits per heavy atom. The van der Waals surface area contributed by atoms with Gasteiger partial charge in [-0.25, -0.2) is 0 Å². The monoisotopic (exact) mass is 218 g/mol. The topological polar surface area (TPSA) is 20.2 Å². The zero-order valence-corrected chi connectivity index (χ0v) is 10.2. The number of hydrogen-bond donors (Lipinski definition) is 1. The van der Waals surface area contributed by atoms with Crippen LogP contribution in [0.25, 0.3) is 0 Å². The van der Waals surface area contributed by atoms with Crippen LogP contribution in [0.15, 0.2) is 24.3 Å². The maximum absolute atomic E-state index is 9.64. The van der Waals surface area contributed by atoms with Crippen LogP contribution >= 0.6 is 0 Å². The molecular formula is C15H22O. The summed E-state index contributed by atoms with van der Waals surface area (Å²) >= 11 is 0. The zero-order chi connectivity index (χ0) is 11.4. The summed E-state index contributed by atoms with van der Waals surface area (Å²) in [5, 5.41) is 9.64. The summed E-state index contributed by atoms with van der Waals surface area (Å²) in [4.78, 5) is 0. The van der Waals surface area contributed by atoms with Crippen molar-refractivity contribution in [3.63, 3.8) is 0 Å². The van der Waals surface area contributed by atoms with Gasteiger partial charge in [0.05, 0.1) is 6.10 Å². The SMILES string of the molecule is CCc1ccc(CC2CCCC(O)C2)cc1. The van der Waals surface area contributed by atoms with E-state index in [0.717, 1.165) is 25.7 Å². The molecule has 1 aliphatic carbocycles. The number of rotatable bonds is 3. The lowest BCUT2D eigenvalue weighted by atomic mass is 9.83. The lowest BCUT2D eigenvalue weighted by Gasteiger charge is -2.25. The molecule has 1 fully saturated rings. The number of benzene rings is 1. The van der Waals surface area contributed by atoms with E-state index in [1.807, 2.05) is 0 Å². The third kappa shape index (κ3) is 3.08. The van der Waals surface area contributed by atoms with Gasteiger partial charge in [0.25, 0.3) is 0 Å². The van der Waals surface area contributed by atoms with Gasteiger partial charge in [0.2, 0.25) is 0 Å². The maximum Gasteiger partial charge on any atom is 0.0543 e. The summed E-state index contributed by atoms with van der Waals surface area (Å²) in [6, 6.07) is 8.96. The van der Waals surface area contributed by atoms with Crippen molar-refractivity contribution >= 4 is 0 Å². The molecular weight excluding hydrogens is 196 g/mol. The van der Waals surface area contributed by atoms with E-state index in [2.05, 4.69) is 31.2 Å². The Bertz CT molecular complexity index is 315. The van der Waals surface area contributed by atoms with Gasteiger partial charge in [-0.05, 0) is 49.1 Å². The summed E-state index contributed by atoms with van der Waals surface area (Å²) < 4.78 is 0. The molecule has 0 saturated heterocycles. The van der Waals surface area contributed by atoms with E-state index in [1.54, 1.807) is 0 Å². The lowest BCUT2D eigenvalue weighted by molar-refractivity contribution is 0.101. The predicted molar refractivity (Wildman–Crippen MR) is 67.5 cm³/mol. The summed E-state index contributed by atoms with van der Waals surface area (Å²) in [7, 11) is 0. The van der Waals surface area contributed by atoms with E-state index >= 15 is 0 Å². The smallest absolute Gasteiger partial charge is 0.0543 e. The van der Waals surface area contributed by atoms with E-state index in [4.69, 9.17) is 0 Å². The first-order chi connectivity index (χ1) is 7.78. The molecule has 1 saturated carbocycles.